The number of carbonyl (C=O) groups is 2. The molecule has 0 radical (unpaired) electrons. The lowest BCUT2D eigenvalue weighted by atomic mass is 10.0. The molecule has 0 saturated carbocycles. The zero-order valence-corrected chi connectivity index (χ0v) is 59.4. The molecule has 0 spiro atoms. The second-order valence-electron chi connectivity index (χ2n) is 27.0. The van der Waals surface area contributed by atoms with E-state index in [9.17, 15) is 19.0 Å². The van der Waals surface area contributed by atoms with E-state index in [1.807, 2.05) is 21.1 Å². The highest BCUT2D eigenvalue weighted by atomic mass is 31.2. The van der Waals surface area contributed by atoms with Gasteiger partial charge >= 0.3 is 19.8 Å². The van der Waals surface area contributed by atoms with Crippen molar-refractivity contribution in [2.75, 3.05) is 47.5 Å². The smallest absolute Gasteiger partial charge is 0.462 e. The van der Waals surface area contributed by atoms with E-state index in [4.69, 9.17) is 18.5 Å². The van der Waals surface area contributed by atoms with Crippen molar-refractivity contribution < 1.29 is 42.1 Å². The summed E-state index contributed by atoms with van der Waals surface area (Å²) in [4.78, 5) is 35.9. The van der Waals surface area contributed by atoms with Crippen LogP contribution in [0.2, 0.25) is 0 Å². The van der Waals surface area contributed by atoms with Crippen molar-refractivity contribution >= 4 is 19.8 Å². The minimum absolute atomic E-state index is 0.0332. The van der Waals surface area contributed by atoms with Crippen LogP contribution in [0.15, 0.2) is 48.6 Å². The molecular weight excluding hydrogens is 1100 g/mol. The molecule has 0 fully saturated rings. The summed E-state index contributed by atoms with van der Waals surface area (Å²) in [6, 6.07) is 0. The molecule has 2 unspecified atom stereocenters. The molecule has 10 heteroatoms. The van der Waals surface area contributed by atoms with Gasteiger partial charge in [0.05, 0.1) is 27.7 Å². The second-order valence-corrected chi connectivity index (χ2v) is 28.5. The van der Waals surface area contributed by atoms with Crippen LogP contribution in [-0.2, 0) is 32.7 Å². The van der Waals surface area contributed by atoms with Crippen molar-refractivity contribution in [3.05, 3.63) is 48.6 Å². The molecule has 87 heavy (non-hydrogen) atoms. The average molecular weight is 1250 g/mol. The minimum Gasteiger partial charge on any atom is -0.462 e. The molecule has 0 aliphatic heterocycles. The summed E-state index contributed by atoms with van der Waals surface area (Å²) in [5.41, 5.74) is 0. The van der Waals surface area contributed by atoms with Crippen LogP contribution in [0, 0.1) is 0 Å². The number of quaternary nitrogens is 1. The highest BCUT2D eigenvalue weighted by Gasteiger charge is 2.27. The molecule has 0 aromatic carbocycles. The van der Waals surface area contributed by atoms with E-state index in [2.05, 4.69) is 62.5 Å². The van der Waals surface area contributed by atoms with Gasteiger partial charge in [0.25, 0.3) is 0 Å². The third-order valence-corrected chi connectivity index (χ3v) is 18.1. The number of carbonyl (C=O) groups excluding carboxylic acids is 2. The van der Waals surface area contributed by atoms with Crippen LogP contribution in [0.1, 0.15) is 380 Å². The van der Waals surface area contributed by atoms with E-state index in [0.717, 1.165) is 57.8 Å². The monoisotopic (exact) mass is 1250 g/mol. The normalized spacial score (nSPS) is 13.3. The fraction of sp³-hybridized carbons (Fsp3) is 0.870. The van der Waals surface area contributed by atoms with Gasteiger partial charge in [-0.05, 0) is 51.4 Å². The van der Waals surface area contributed by atoms with Crippen molar-refractivity contribution in [2.24, 2.45) is 0 Å². The molecule has 0 amide bonds. The number of unbranched alkanes of at least 4 members (excludes halogenated alkanes) is 49. The van der Waals surface area contributed by atoms with Crippen molar-refractivity contribution in [3.63, 3.8) is 0 Å². The molecule has 512 valence electrons. The molecule has 0 rings (SSSR count). The summed E-state index contributed by atoms with van der Waals surface area (Å²) in [5, 5.41) is 0. The van der Waals surface area contributed by atoms with Crippen LogP contribution < -0.4 is 0 Å². The highest BCUT2D eigenvalue weighted by molar-refractivity contribution is 7.47. The van der Waals surface area contributed by atoms with Gasteiger partial charge in [-0.1, -0.05) is 364 Å². The van der Waals surface area contributed by atoms with E-state index < -0.39 is 26.5 Å². The van der Waals surface area contributed by atoms with Crippen LogP contribution in [0.5, 0.6) is 0 Å². The summed E-state index contributed by atoms with van der Waals surface area (Å²) < 4.78 is 34.8. The van der Waals surface area contributed by atoms with Crippen LogP contribution >= 0.6 is 7.82 Å². The van der Waals surface area contributed by atoms with Gasteiger partial charge in [0.15, 0.2) is 6.10 Å². The van der Waals surface area contributed by atoms with Crippen LogP contribution in [0.4, 0.5) is 0 Å². The Morgan fingerprint density at radius 2 is 0.655 bits per heavy atom. The van der Waals surface area contributed by atoms with Crippen LogP contribution in [0.25, 0.3) is 0 Å². The number of esters is 2. The standard InChI is InChI=1S/C77H146NO8P/c1-6-8-10-12-14-16-18-20-22-24-26-28-30-32-34-35-36-37-38-39-40-41-42-44-45-47-49-51-53-55-57-59-61-63-65-67-69-76(79)83-73-75(74-85-87(81,82)84-72-71-78(3,4)5)86-77(80)70-68-66-64-62-60-58-56-54-52-50-48-46-43-33-31-29-27-25-23-21-19-17-15-13-11-9-7-2/h9,11,15,17,21,23,27,29,75H,6-8,10,12-14,16,18-20,22,24-26,28,30-74H2,1-5H3/p+1/b11-9-,17-15-,23-21-,29-27-. The van der Waals surface area contributed by atoms with Crippen molar-refractivity contribution in [2.45, 2.75) is 386 Å². The van der Waals surface area contributed by atoms with Gasteiger partial charge in [-0.3, -0.25) is 18.6 Å². The minimum atomic E-state index is -4.39. The number of phosphoric ester groups is 1. The first kappa shape index (κ1) is 85.0. The first-order valence-electron chi connectivity index (χ1n) is 37.9. The topological polar surface area (TPSA) is 108 Å². The summed E-state index contributed by atoms with van der Waals surface area (Å²) in [6.45, 7) is 4.39. The third kappa shape index (κ3) is 72.9. The van der Waals surface area contributed by atoms with E-state index in [1.165, 1.54) is 289 Å². The highest BCUT2D eigenvalue weighted by Crippen LogP contribution is 2.43. The molecule has 9 nitrogen and oxygen atoms in total. The largest absolute Gasteiger partial charge is 0.472 e. The van der Waals surface area contributed by atoms with E-state index >= 15 is 0 Å². The number of hydrogen-bond acceptors (Lipinski definition) is 7. The Balaban J connectivity index is 3.92. The number of nitrogens with zero attached hydrogens (tertiary/aromatic N) is 1. The van der Waals surface area contributed by atoms with Crippen molar-refractivity contribution in [3.8, 4) is 0 Å². The van der Waals surface area contributed by atoms with Gasteiger partial charge < -0.3 is 18.9 Å². The van der Waals surface area contributed by atoms with Gasteiger partial charge in [-0.25, -0.2) is 4.57 Å². The predicted octanol–water partition coefficient (Wildman–Crippen LogP) is 24.8. The van der Waals surface area contributed by atoms with E-state index in [0.29, 0.717) is 23.9 Å². The summed E-state index contributed by atoms with van der Waals surface area (Å²) >= 11 is 0. The lowest BCUT2D eigenvalue weighted by Gasteiger charge is -2.24. The maximum absolute atomic E-state index is 12.9. The van der Waals surface area contributed by atoms with Crippen LogP contribution in [0.3, 0.4) is 0 Å². The first-order valence-corrected chi connectivity index (χ1v) is 39.4. The molecule has 0 aromatic heterocycles. The molecule has 0 bridgehead atoms. The quantitative estimate of drug-likeness (QED) is 0.0211. The molecular formula is C77H147NO8P+. The number of phosphoric acid groups is 1. The number of rotatable bonds is 71. The second kappa shape index (κ2) is 68.3. The number of likely N-dealkylation sites (N-methyl/N-ethyl adjacent to an activating group) is 1. The maximum Gasteiger partial charge on any atom is 0.472 e. The Hall–Kier alpha value is -2.03. The number of allylic oxidation sites excluding steroid dienone is 8. The molecule has 0 heterocycles. The van der Waals surface area contributed by atoms with Gasteiger partial charge in [0, 0.05) is 12.8 Å². The van der Waals surface area contributed by atoms with Gasteiger partial charge in [0.2, 0.25) is 0 Å². The fourth-order valence-corrected chi connectivity index (χ4v) is 12.1. The Kier molecular flexibility index (Phi) is 66.7. The van der Waals surface area contributed by atoms with E-state index in [-0.39, 0.29) is 25.6 Å². The van der Waals surface area contributed by atoms with Crippen LogP contribution in [-0.4, -0.2) is 74.9 Å². The SMILES string of the molecule is CC/C=C\C/C=C\C/C=C\C/C=C\CCCCCCCCCCCCCCCCC(=O)OC(COC(=O)CCCCCCCCCCCCCCCCCCCCCCCCCCCCCCCCCCCCCC)COP(=O)(O)OCC[N+](C)(C)C. The zero-order chi connectivity index (χ0) is 63.4. The molecule has 0 aliphatic carbocycles. The van der Waals surface area contributed by atoms with Gasteiger partial charge in [-0.15, -0.1) is 0 Å². The fourth-order valence-electron chi connectivity index (χ4n) is 11.4. The number of ether oxygens (including phenoxy) is 2. The lowest BCUT2D eigenvalue weighted by molar-refractivity contribution is -0.870. The Labute approximate surface area is 541 Å². The summed E-state index contributed by atoms with van der Waals surface area (Å²) in [7, 11) is 1.49. The summed E-state index contributed by atoms with van der Waals surface area (Å²) in [5.74, 6) is -0.778. The molecule has 0 aromatic rings. The molecule has 0 saturated heterocycles. The third-order valence-electron chi connectivity index (χ3n) is 17.1. The molecule has 2 atom stereocenters. The maximum atomic E-state index is 12.9. The Morgan fingerprint density at radius 1 is 0.368 bits per heavy atom. The lowest BCUT2D eigenvalue weighted by Crippen LogP contribution is -2.37. The van der Waals surface area contributed by atoms with Crippen molar-refractivity contribution in [1.29, 1.82) is 0 Å². The first-order chi connectivity index (χ1) is 42.5. The Bertz CT molecular complexity index is 1610. The summed E-state index contributed by atoms with van der Waals surface area (Å²) in [6.07, 6.45) is 89.7. The van der Waals surface area contributed by atoms with E-state index in [1.54, 1.807) is 0 Å². The average Bonchev–Trinajstić information content (AvgIpc) is 3.68. The Morgan fingerprint density at radius 3 is 0.977 bits per heavy atom. The van der Waals surface area contributed by atoms with Gasteiger partial charge in [0.1, 0.15) is 19.8 Å². The van der Waals surface area contributed by atoms with Crippen molar-refractivity contribution in [1.82, 2.24) is 0 Å². The van der Waals surface area contributed by atoms with Gasteiger partial charge in [-0.2, -0.15) is 0 Å². The zero-order valence-electron chi connectivity index (χ0n) is 58.5. The molecule has 1 N–H and O–H groups in total. The number of hydrogen-bond donors (Lipinski definition) is 1. The predicted molar refractivity (Wildman–Crippen MR) is 377 cm³/mol. The molecule has 0 aliphatic rings.